The zero-order chi connectivity index (χ0) is 18.8. The predicted molar refractivity (Wildman–Crippen MR) is 104 cm³/mol. The molecule has 4 fully saturated rings. The lowest BCUT2D eigenvalue weighted by atomic mass is 9.57. The van der Waals surface area contributed by atoms with E-state index in [9.17, 15) is 4.79 Å². The van der Waals surface area contributed by atoms with Crippen molar-refractivity contribution in [1.82, 2.24) is 34.8 Å². The first-order valence-corrected chi connectivity index (χ1v) is 10.4. The maximum absolute atomic E-state index is 12.7. The van der Waals surface area contributed by atoms with E-state index in [0.29, 0.717) is 0 Å². The van der Waals surface area contributed by atoms with Crippen LogP contribution >= 0.6 is 0 Å². The Morgan fingerprint density at radius 1 is 1.07 bits per heavy atom. The van der Waals surface area contributed by atoms with Crippen LogP contribution in [0.5, 0.6) is 0 Å². The second-order valence-corrected chi connectivity index (χ2v) is 8.87. The number of urea groups is 1. The molecule has 4 aliphatic rings. The van der Waals surface area contributed by atoms with Gasteiger partial charge in [0.25, 0.3) is 0 Å². The van der Waals surface area contributed by atoms with Crippen LogP contribution in [0.4, 0.5) is 4.79 Å². The maximum Gasteiger partial charge on any atom is 0.317 e. The molecule has 28 heavy (non-hydrogen) atoms. The molecule has 2 amide bonds. The van der Waals surface area contributed by atoms with Crippen molar-refractivity contribution in [2.75, 3.05) is 13.1 Å². The van der Waals surface area contributed by atoms with Gasteiger partial charge in [-0.25, -0.2) is 9.78 Å². The Morgan fingerprint density at radius 2 is 1.82 bits per heavy atom. The second kappa shape index (κ2) is 5.68. The van der Waals surface area contributed by atoms with E-state index < -0.39 is 0 Å². The molecule has 0 aromatic carbocycles. The van der Waals surface area contributed by atoms with Crippen LogP contribution in [0, 0.1) is 0 Å². The van der Waals surface area contributed by atoms with E-state index in [1.807, 2.05) is 17.2 Å². The van der Waals surface area contributed by atoms with Gasteiger partial charge in [0.2, 0.25) is 0 Å². The highest BCUT2D eigenvalue weighted by Gasteiger charge is 2.52. The van der Waals surface area contributed by atoms with Crippen LogP contribution in [-0.2, 0) is 5.41 Å². The summed E-state index contributed by atoms with van der Waals surface area (Å²) in [6, 6.07) is 2.19. The number of likely N-dealkylation sites (tertiary alicyclic amines) is 1. The number of amides is 2. The van der Waals surface area contributed by atoms with Gasteiger partial charge in [-0.1, -0.05) is 0 Å². The number of aromatic amines is 1. The van der Waals surface area contributed by atoms with Gasteiger partial charge in [-0.3, -0.25) is 4.40 Å². The molecule has 3 aromatic heterocycles. The predicted octanol–water partition coefficient (Wildman–Crippen LogP) is 2.76. The fourth-order valence-corrected chi connectivity index (χ4v) is 5.65. The van der Waals surface area contributed by atoms with Gasteiger partial charge in [0.15, 0.2) is 11.3 Å². The number of nitrogens with one attached hydrogen (secondary N) is 2. The molecule has 0 atom stereocenters. The number of hydrogen-bond donors (Lipinski definition) is 2. The van der Waals surface area contributed by atoms with E-state index in [1.165, 1.54) is 0 Å². The number of H-pyrrole nitrogens is 1. The van der Waals surface area contributed by atoms with E-state index in [0.717, 1.165) is 87.1 Å². The quantitative estimate of drug-likeness (QED) is 0.716. The van der Waals surface area contributed by atoms with E-state index in [4.69, 9.17) is 0 Å². The molecule has 2 N–H and O–H groups in total. The molecule has 0 spiro atoms. The van der Waals surface area contributed by atoms with Gasteiger partial charge < -0.3 is 15.2 Å². The Hall–Kier alpha value is -2.64. The summed E-state index contributed by atoms with van der Waals surface area (Å²) < 4.78 is 2.18. The molecule has 1 saturated heterocycles. The van der Waals surface area contributed by atoms with Gasteiger partial charge in [-0.2, -0.15) is 0 Å². The van der Waals surface area contributed by atoms with Crippen LogP contribution in [0.3, 0.4) is 0 Å². The molecule has 7 rings (SSSR count). The highest BCUT2D eigenvalue weighted by atomic mass is 16.2. The lowest BCUT2D eigenvalue weighted by Gasteiger charge is -2.53. The number of hydrogen-bond acceptors (Lipinski definition) is 4. The Bertz CT molecular complexity index is 1040. The molecule has 3 aromatic rings. The first kappa shape index (κ1) is 16.3. The van der Waals surface area contributed by atoms with E-state index in [2.05, 4.69) is 29.9 Å². The van der Waals surface area contributed by atoms with Crippen molar-refractivity contribution in [3.8, 4) is 0 Å². The summed E-state index contributed by atoms with van der Waals surface area (Å²) in [5.74, 6) is 1.06. The van der Waals surface area contributed by atoms with Gasteiger partial charge in [-0.15, -0.1) is 10.2 Å². The van der Waals surface area contributed by atoms with E-state index >= 15 is 0 Å². The Morgan fingerprint density at radius 3 is 2.57 bits per heavy atom. The lowest BCUT2D eigenvalue weighted by Crippen LogP contribution is -2.60. The molecule has 1 aliphatic heterocycles. The van der Waals surface area contributed by atoms with E-state index in [-0.39, 0.29) is 17.0 Å². The molecule has 8 heteroatoms. The SMILES string of the molecule is O=C(NC12CCC(c3nnc4cnc5[nH]ccc5n34)(CC1)CC2)N1CCCC1. The van der Waals surface area contributed by atoms with Crippen molar-refractivity contribution in [3.63, 3.8) is 0 Å². The summed E-state index contributed by atoms with van der Waals surface area (Å²) in [7, 11) is 0. The van der Waals surface area contributed by atoms with Crippen molar-refractivity contribution in [1.29, 1.82) is 0 Å². The third-order valence-electron chi connectivity index (χ3n) is 7.43. The second-order valence-electron chi connectivity index (χ2n) is 8.87. The van der Waals surface area contributed by atoms with Crippen molar-refractivity contribution >= 4 is 22.8 Å². The Balaban J connectivity index is 1.30. The normalized spacial score (nSPS) is 29.8. The summed E-state index contributed by atoms with van der Waals surface area (Å²) in [6.07, 6.45) is 12.1. The van der Waals surface area contributed by atoms with Gasteiger partial charge in [0.05, 0.1) is 11.7 Å². The molecular weight excluding hydrogens is 354 g/mol. The topological polar surface area (TPSA) is 91.2 Å². The number of carbonyl (C=O) groups is 1. The largest absolute Gasteiger partial charge is 0.345 e. The fourth-order valence-electron chi connectivity index (χ4n) is 5.65. The van der Waals surface area contributed by atoms with Gasteiger partial charge in [0.1, 0.15) is 5.82 Å². The summed E-state index contributed by atoms with van der Waals surface area (Å²) in [5, 5.41) is 12.5. The van der Waals surface area contributed by atoms with Crippen molar-refractivity contribution in [2.24, 2.45) is 0 Å². The minimum absolute atomic E-state index is 0.0348. The zero-order valence-corrected chi connectivity index (χ0v) is 15.9. The minimum Gasteiger partial charge on any atom is -0.345 e. The molecule has 146 valence electrons. The highest BCUT2D eigenvalue weighted by Crippen LogP contribution is 2.53. The van der Waals surface area contributed by atoms with Crippen molar-refractivity contribution in [2.45, 2.75) is 62.3 Å². The van der Waals surface area contributed by atoms with Crippen LogP contribution in [0.1, 0.15) is 57.2 Å². The first-order valence-electron chi connectivity index (χ1n) is 10.4. The molecule has 4 heterocycles. The fraction of sp³-hybridized carbons (Fsp3) is 0.600. The molecule has 0 unspecified atom stereocenters. The highest BCUT2D eigenvalue weighted by molar-refractivity contribution is 5.76. The Kier molecular flexibility index (Phi) is 3.31. The number of aromatic nitrogens is 5. The molecular formula is C20H25N7O. The van der Waals surface area contributed by atoms with E-state index in [1.54, 1.807) is 6.20 Å². The van der Waals surface area contributed by atoms with Crippen LogP contribution in [0.15, 0.2) is 18.5 Å². The average molecular weight is 379 g/mol. The monoisotopic (exact) mass is 379 g/mol. The Labute approximate surface area is 162 Å². The minimum atomic E-state index is -0.0348. The number of carbonyl (C=O) groups excluding carboxylic acids is 1. The summed E-state index contributed by atoms with van der Waals surface area (Å²) in [4.78, 5) is 22.3. The molecule has 3 aliphatic carbocycles. The van der Waals surface area contributed by atoms with Gasteiger partial charge in [-0.05, 0) is 57.4 Å². The van der Waals surface area contributed by atoms with Crippen molar-refractivity contribution < 1.29 is 4.79 Å². The third-order valence-corrected chi connectivity index (χ3v) is 7.43. The third kappa shape index (κ3) is 2.23. The first-order chi connectivity index (χ1) is 13.7. The summed E-state index contributed by atoms with van der Waals surface area (Å²) in [5.41, 5.74) is 2.72. The molecule has 8 nitrogen and oxygen atoms in total. The number of fused-ring (bicyclic) bond motifs is 6. The van der Waals surface area contributed by atoms with Crippen LogP contribution in [0.2, 0.25) is 0 Å². The lowest BCUT2D eigenvalue weighted by molar-refractivity contribution is 0.0733. The van der Waals surface area contributed by atoms with Gasteiger partial charge >= 0.3 is 6.03 Å². The molecule has 0 radical (unpaired) electrons. The zero-order valence-electron chi connectivity index (χ0n) is 15.9. The smallest absolute Gasteiger partial charge is 0.317 e. The van der Waals surface area contributed by atoms with Crippen LogP contribution in [0.25, 0.3) is 16.8 Å². The molecule has 3 saturated carbocycles. The summed E-state index contributed by atoms with van der Waals surface area (Å²) >= 11 is 0. The van der Waals surface area contributed by atoms with Crippen LogP contribution in [-0.4, -0.2) is 54.1 Å². The van der Waals surface area contributed by atoms with Crippen LogP contribution < -0.4 is 5.32 Å². The molecule has 2 bridgehead atoms. The van der Waals surface area contributed by atoms with Gasteiger partial charge in [0, 0.05) is 30.2 Å². The standard InChI is InChI=1S/C20H25N7O/c28-18(26-11-1-2-12-26)23-20-7-4-19(5-8-20,6-9-20)17-25-24-15-13-22-16-14(27(15)17)3-10-21-16/h3,10,13,21H,1-2,4-9,11-12H2,(H,23,28). The average Bonchev–Trinajstić information content (AvgIpc) is 3.48. The maximum atomic E-state index is 12.7. The number of nitrogens with zero attached hydrogens (tertiary/aromatic N) is 5. The number of rotatable bonds is 2. The van der Waals surface area contributed by atoms with Crippen molar-refractivity contribution in [3.05, 3.63) is 24.3 Å². The summed E-state index contributed by atoms with van der Waals surface area (Å²) in [6.45, 7) is 1.80.